The molecule has 0 saturated carbocycles. The van der Waals surface area contributed by atoms with Crippen molar-refractivity contribution in [2.75, 3.05) is 18.5 Å². The van der Waals surface area contributed by atoms with Crippen LogP contribution in [0, 0.1) is 17.8 Å². The van der Waals surface area contributed by atoms with Crippen molar-refractivity contribution in [2.45, 2.75) is 25.9 Å². The Balaban J connectivity index is 2.18. The summed E-state index contributed by atoms with van der Waals surface area (Å²) in [6, 6.07) is 5.09. The Morgan fingerprint density at radius 2 is 2.38 bits per heavy atom. The van der Waals surface area contributed by atoms with Crippen LogP contribution in [0.1, 0.15) is 25.3 Å². The van der Waals surface area contributed by atoms with Gasteiger partial charge in [-0.05, 0) is 31.0 Å². The highest BCUT2D eigenvalue weighted by Crippen LogP contribution is 2.26. The van der Waals surface area contributed by atoms with Crippen LogP contribution in [0.2, 0.25) is 5.02 Å². The summed E-state index contributed by atoms with van der Waals surface area (Å²) < 4.78 is 5.54. The van der Waals surface area contributed by atoms with E-state index in [1.807, 2.05) is 6.92 Å². The molecule has 0 radical (unpaired) electrons. The van der Waals surface area contributed by atoms with Crippen LogP contribution in [-0.2, 0) is 9.53 Å². The Bertz CT molecular complexity index is 577. The van der Waals surface area contributed by atoms with E-state index in [1.165, 1.54) is 0 Å². The van der Waals surface area contributed by atoms with Crippen LogP contribution in [0.25, 0.3) is 0 Å². The standard InChI is InChI=1S/C16H18ClNO3/c1-2-15-13(7-9-21-15)16(20)18-14-10-12(17)6-5-11(14)4-3-8-19/h5-6,10,13,15,19H,2,7-9H2,1H3,(H,18,20). The van der Waals surface area contributed by atoms with Gasteiger partial charge >= 0.3 is 0 Å². The van der Waals surface area contributed by atoms with Crippen molar-refractivity contribution in [3.8, 4) is 11.8 Å². The molecule has 1 aromatic rings. The van der Waals surface area contributed by atoms with Gasteiger partial charge < -0.3 is 15.2 Å². The van der Waals surface area contributed by atoms with Gasteiger partial charge in [-0.25, -0.2) is 0 Å². The summed E-state index contributed by atoms with van der Waals surface area (Å²) >= 11 is 5.98. The second-order valence-electron chi connectivity index (χ2n) is 4.85. The van der Waals surface area contributed by atoms with Gasteiger partial charge in [0, 0.05) is 17.2 Å². The van der Waals surface area contributed by atoms with E-state index < -0.39 is 0 Å². The molecule has 4 nitrogen and oxygen atoms in total. The number of aliphatic hydroxyl groups is 1. The van der Waals surface area contributed by atoms with Crippen molar-refractivity contribution in [2.24, 2.45) is 5.92 Å². The zero-order valence-electron chi connectivity index (χ0n) is 11.9. The maximum Gasteiger partial charge on any atom is 0.230 e. The van der Waals surface area contributed by atoms with Crippen LogP contribution >= 0.6 is 11.6 Å². The molecule has 2 N–H and O–H groups in total. The number of carbonyl (C=O) groups excluding carboxylic acids is 1. The molecule has 1 heterocycles. The molecule has 5 heteroatoms. The Morgan fingerprint density at radius 3 is 3.10 bits per heavy atom. The molecule has 1 aromatic carbocycles. The van der Waals surface area contributed by atoms with Crippen molar-refractivity contribution in [1.82, 2.24) is 0 Å². The number of rotatable bonds is 3. The molecule has 2 rings (SSSR count). The Morgan fingerprint density at radius 1 is 1.57 bits per heavy atom. The van der Waals surface area contributed by atoms with E-state index in [2.05, 4.69) is 17.2 Å². The molecule has 2 unspecified atom stereocenters. The quantitative estimate of drug-likeness (QED) is 0.843. The molecule has 1 aliphatic heterocycles. The number of hydrogen-bond acceptors (Lipinski definition) is 3. The van der Waals surface area contributed by atoms with Crippen molar-refractivity contribution < 1.29 is 14.6 Å². The predicted molar refractivity (Wildman–Crippen MR) is 82.2 cm³/mol. The maximum atomic E-state index is 12.4. The van der Waals surface area contributed by atoms with Gasteiger partial charge in [-0.1, -0.05) is 30.4 Å². The molecule has 0 spiro atoms. The molecule has 112 valence electrons. The first-order chi connectivity index (χ1) is 10.2. The topological polar surface area (TPSA) is 58.6 Å². The van der Waals surface area contributed by atoms with Crippen LogP contribution in [0.15, 0.2) is 18.2 Å². The molecule has 2 atom stereocenters. The molecule has 0 aliphatic carbocycles. The van der Waals surface area contributed by atoms with Gasteiger partial charge in [-0.3, -0.25) is 4.79 Å². The Labute approximate surface area is 129 Å². The number of hydrogen-bond donors (Lipinski definition) is 2. The van der Waals surface area contributed by atoms with E-state index in [-0.39, 0.29) is 24.5 Å². The maximum absolute atomic E-state index is 12.4. The van der Waals surface area contributed by atoms with Gasteiger partial charge in [0.15, 0.2) is 0 Å². The van der Waals surface area contributed by atoms with E-state index in [9.17, 15) is 4.79 Å². The SMILES string of the molecule is CCC1OCCC1C(=O)Nc1cc(Cl)ccc1C#CCO. The van der Waals surface area contributed by atoms with E-state index in [1.54, 1.807) is 18.2 Å². The lowest BCUT2D eigenvalue weighted by Crippen LogP contribution is -2.29. The number of aliphatic hydroxyl groups excluding tert-OH is 1. The molecule has 1 amide bonds. The number of anilines is 1. The fourth-order valence-corrected chi connectivity index (χ4v) is 2.61. The fraction of sp³-hybridized carbons (Fsp3) is 0.438. The molecule has 21 heavy (non-hydrogen) atoms. The van der Waals surface area contributed by atoms with Crippen LogP contribution in [0.4, 0.5) is 5.69 Å². The molecule has 0 bridgehead atoms. The summed E-state index contributed by atoms with van der Waals surface area (Å²) in [6.07, 6.45) is 1.50. The highest BCUT2D eigenvalue weighted by atomic mass is 35.5. The van der Waals surface area contributed by atoms with Crippen LogP contribution in [0.5, 0.6) is 0 Å². The largest absolute Gasteiger partial charge is 0.384 e. The molecule has 1 aliphatic rings. The van der Waals surface area contributed by atoms with E-state index in [0.717, 1.165) is 12.8 Å². The summed E-state index contributed by atoms with van der Waals surface area (Å²) in [5.74, 6) is 5.16. The highest BCUT2D eigenvalue weighted by molar-refractivity contribution is 6.31. The van der Waals surface area contributed by atoms with Gasteiger partial charge in [0.25, 0.3) is 0 Å². The number of amides is 1. The van der Waals surface area contributed by atoms with Crippen molar-refractivity contribution >= 4 is 23.2 Å². The normalized spacial score (nSPS) is 20.7. The third kappa shape index (κ3) is 3.98. The van der Waals surface area contributed by atoms with Crippen LogP contribution in [-0.4, -0.2) is 30.3 Å². The summed E-state index contributed by atoms with van der Waals surface area (Å²) in [4.78, 5) is 12.4. The lowest BCUT2D eigenvalue weighted by Gasteiger charge is -2.17. The van der Waals surface area contributed by atoms with Gasteiger partial charge in [0.1, 0.15) is 6.61 Å². The molecular formula is C16H18ClNO3. The Hall–Kier alpha value is -1.54. The van der Waals surface area contributed by atoms with Gasteiger partial charge in [0.05, 0.1) is 17.7 Å². The molecule has 0 aromatic heterocycles. The third-order valence-corrected chi connectivity index (χ3v) is 3.73. The zero-order chi connectivity index (χ0) is 15.2. The number of nitrogens with one attached hydrogen (secondary N) is 1. The summed E-state index contributed by atoms with van der Waals surface area (Å²) in [7, 11) is 0. The number of carbonyl (C=O) groups is 1. The van der Waals surface area contributed by atoms with Gasteiger partial charge in [-0.2, -0.15) is 0 Å². The second-order valence-corrected chi connectivity index (χ2v) is 5.29. The number of halogens is 1. The number of benzene rings is 1. The van der Waals surface area contributed by atoms with Gasteiger partial charge in [-0.15, -0.1) is 0 Å². The number of ether oxygens (including phenoxy) is 1. The lowest BCUT2D eigenvalue weighted by molar-refractivity contribution is -0.121. The zero-order valence-corrected chi connectivity index (χ0v) is 12.6. The first kappa shape index (κ1) is 15.8. The second kappa shape index (κ2) is 7.46. The molecular weight excluding hydrogens is 290 g/mol. The fourth-order valence-electron chi connectivity index (χ4n) is 2.44. The smallest absolute Gasteiger partial charge is 0.230 e. The highest BCUT2D eigenvalue weighted by Gasteiger charge is 2.32. The van der Waals surface area contributed by atoms with E-state index in [4.69, 9.17) is 21.4 Å². The summed E-state index contributed by atoms with van der Waals surface area (Å²) in [6.45, 7) is 2.39. The van der Waals surface area contributed by atoms with Crippen molar-refractivity contribution in [3.63, 3.8) is 0 Å². The first-order valence-electron chi connectivity index (χ1n) is 6.97. The summed E-state index contributed by atoms with van der Waals surface area (Å²) in [5.41, 5.74) is 1.20. The van der Waals surface area contributed by atoms with Crippen molar-refractivity contribution in [1.29, 1.82) is 0 Å². The molecule has 1 saturated heterocycles. The first-order valence-corrected chi connectivity index (χ1v) is 7.35. The summed E-state index contributed by atoms with van der Waals surface area (Å²) in [5, 5.41) is 12.2. The Kier molecular flexibility index (Phi) is 5.63. The minimum atomic E-state index is -0.232. The predicted octanol–water partition coefficient (Wildman–Crippen LogP) is 2.44. The monoisotopic (exact) mass is 307 g/mol. The minimum Gasteiger partial charge on any atom is -0.384 e. The van der Waals surface area contributed by atoms with E-state index in [0.29, 0.717) is 22.9 Å². The van der Waals surface area contributed by atoms with Crippen LogP contribution < -0.4 is 5.32 Å². The van der Waals surface area contributed by atoms with E-state index >= 15 is 0 Å². The average Bonchev–Trinajstić information content (AvgIpc) is 2.95. The van der Waals surface area contributed by atoms with Crippen LogP contribution in [0.3, 0.4) is 0 Å². The average molecular weight is 308 g/mol. The third-order valence-electron chi connectivity index (χ3n) is 3.49. The minimum absolute atomic E-state index is 0.0313. The molecule has 1 fully saturated rings. The van der Waals surface area contributed by atoms with Crippen molar-refractivity contribution in [3.05, 3.63) is 28.8 Å². The van der Waals surface area contributed by atoms with Gasteiger partial charge in [0.2, 0.25) is 5.91 Å². The lowest BCUT2D eigenvalue weighted by atomic mass is 9.98.